The van der Waals surface area contributed by atoms with E-state index in [1.54, 1.807) is 54.6 Å². The van der Waals surface area contributed by atoms with Gasteiger partial charge in [0, 0.05) is 36.8 Å². The number of anilines is 2. The Balaban J connectivity index is 1.59. The molecule has 4 rings (SSSR count). The van der Waals surface area contributed by atoms with E-state index >= 15 is 0 Å². The number of hydrogen-bond donors (Lipinski definition) is 2. The van der Waals surface area contributed by atoms with Gasteiger partial charge in [-0.15, -0.1) is 0 Å². The molecule has 1 aliphatic carbocycles. The summed E-state index contributed by atoms with van der Waals surface area (Å²) in [7, 11) is 1.57. The van der Waals surface area contributed by atoms with E-state index in [2.05, 4.69) is 15.6 Å². The Labute approximate surface area is 236 Å². The van der Waals surface area contributed by atoms with Gasteiger partial charge in [-0.25, -0.2) is 4.98 Å². The summed E-state index contributed by atoms with van der Waals surface area (Å²) < 4.78 is 5.44. The maximum absolute atomic E-state index is 13.9. The summed E-state index contributed by atoms with van der Waals surface area (Å²) in [5, 5.41) is 5.99. The molecule has 0 radical (unpaired) electrons. The minimum absolute atomic E-state index is 0.0892. The van der Waals surface area contributed by atoms with Crippen molar-refractivity contribution in [2.75, 3.05) is 17.3 Å². The van der Waals surface area contributed by atoms with Gasteiger partial charge in [0.15, 0.2) is 0 Å². The number of carbonyl (C=O) groups is 3. The Morgan fingerprint density at radius 3 is 2.45 bits per heavy atom. The molecule has 1 saturated carbocycles. The standard InChI is InChI=1S/C32H38N4O4/c1-23-17-19-24(20-18-23)31(32(39)34-25-10-4-3-5-11-25)36(26-12-8-13-27(22-26)40-2)30(38)16-9-15-29(37)35-28-14-6-7-21-33-28/h6-8,12-14,17-22,25,31H,3-5,9-11,15-16H2,1-2H3,(H,34,39)(H,33,35,37). The number of aromatic nitrogens is 1. The van der Waals surface area contributed by atoms with Crippen LogP contribution >= 0.6 is 0 Å². The van der Waals surface area contributed by atoms with Crippen LogP contribution in [0.4, 0.5) is 11.5 Å². The predicted molar refractivity (Wildman–Crippen MR) is 156 cm³/mol. The number of benzene rings is 2. The summed E-state index contributed by atoms with van der Waals surface area (Å²) in [6.45, 7) is 1.99. The molecule has 1 aliphatic rings. The first-order valence-electron chi connectivity index (χ1n) is 14.0. The van der Waals surface area contributed by atoms with Gasteiger partial charge in [-0.1, -0.05) is 61.2 Å². The molecule has 8 nitrogen and oxygen atoms in total. The Morgan fingerprint density at radius 2 is 1.75 bits per heavy atom. The third-order valence-electron chi connectivity index (χ3n) is 7.18. The van der Waals surface area contributed by atoms with Gasteiger partial charge in [-0.2, -0.15) is 0 Å². The molecule has 2 N–H and O–H groups in total. The van der Waals surface area contributed by atoms with Crippen molar-refractivity contribution in [3.8, 4) is 5.75 Å². The van der Waals surface area contributed by atoms with E-state index in [1.807, 2.05) is 37.3 Å². The number of hydrogen-bond acceptors (Lipinski definition) is 5. The molecule has 1 fully saturated rings. The van der Waals surface area contributed by atoms with Gasteiger partial charge in [-0.3, -0.25) is 19.3 Å². The minimum atomic E-state index is -0.871. The fourth-order valence-corrected chi connectivity index (χ4v) is 5.05. The highest BCUT2D eigenvalue weighted by atomic mass is 16.5. The van der Waals surface area contributed by atoms with Crippen LogP contribution in [0, 0.1) is 6.92 Å². The molecule has 1 atom stereocenters. The predicted octanol–water partition coefficient (Wildman–Crippen LogP) is 5.73. The van der Waals surface area contributed by atoms with Crippen molar-refractivity contribution in [2.24, 2.45) is 0 Å². The maximum Gasteiger partial charge on any atom is 0.248 e. The Hall–Kier alpha value is -4.20. The van der Waals surface area contributed by atoms with Crippen molar-refractivity contribution >= 4 is 29.2 Å². The van der Waals surface area contributed by atoms with Crippen LogP contribution in [0.15, 0.2) is 72.9 Å². The van der Waals surface area contributed by atoms with Crippen LogP contribution in [0.1, 0.15) is 68.5 Å². The molecule has 0 saturated heterocycles. The topological polar surface area (TPSA) is 101 Å². The molecular weight excluding hydrogens is 504 g/mol. The highest BCUT2D eigenvalue weighted by Crippen LogP contribution is 2.32. The highest BCUT2D eigenvalue weighted by Gasteiger charge is 2.34. The Bertz CT molecular complexity index is 1270. The van der Waals surface area contributed by atoms with Gasteiger partial charge >= 0.3 is 0 Å². The van der Waals surface area contributed by atoms with Crippen molar-refractivity contribution in [1.29, 1.82) is 0 Å². The number of rotatable bonds is 11. The number of carbonyl (C=O) groups excluding carboxylic acids is 3. The molecule has 1 unspecified atom stereocenters. The summed E-state index contributed by atoms with van der Waals surface area (Å²) in [5.41, 5.74) is 2.35. The monoisotopic (exact) mass is 542 g/mol. The molecule has 3 aromatic rings. The van der Waals surface area contributed by atoms with Gasteiger partial charge in [0.25, 0.3) is 0 Å². The van der Waals surface area contributed by atoms with Crippen LogP contribution in [0.2, 0.25) is 0 Å². The number of pyridine rings is 1. The summed E-state index contributed by atoms with van der Waals surface area (Å²) in [6.07, 6.45) is 7.38. The molecule has 0 aliphatic heterocycles. The fourth-order valence-electron chi connectivity index (χ4n) is 5.05. The van der Waals surface area contributed by atoms with Gasteiger partial charge in [0.1, 0.15) is 17.6 Å². The van der Waals surface area contributed by atoms with Gasteiger partial charge in [0.05, 0.1) is 7.11 Å². The van der Waals surface area contributed by atoms with E-state index in [-0.39, 0.29) is 36.6 Å². The third-order valence-corrected chi connectivity index (χ3v) is 7.18. The first-order chi connectivity index (χ1) is 19.4. The summed E-state index contributed by atoms with van der Waals surface area (Å²) in [6, 6.07) is 19.4. The van der Waals surface area contributed by atoms with E-state index in [9.17, 15) is 14.4 Å². The first kappa shape index (κ1) is 28.8. The van der Waals surface area contributed by atoms with Crippen LogP contribution in [0.3, 0.4) is 0 Å². The fraction of sp³-hybridized carbons (Fsp3) is 0.375. The number of methoxy groups -OCH3 is 1. The van der Waals surface area contributed by atoms with Gasteiger partial charge in [0.2, 0.25) is 17.7 Å². The second kappa shape index (κ2) is 14.3. The van der Waals surface area contributed by atoms with Crippen LogP contribution in [-0.2, 0) is 14.4 Å². The quantitative estimate of drug-likeness (QED) is 0.322. The molecule has 40 heavy (non-hydrogen) atoms. The van der Waals surface area contributed by atoms with Crippen LogP contribution in [0.5, 0.6) is 5.75 Å². The second-order valence-electron chi connectivity index (χ2n) is 10.2. The maximum atomic E-state index is 13.9. The number of amides is 3. The minimum Gasteiger partial charge on any atom is -0.497 e. The first-order valence-corrected chi connectivity index (χ1v) is 14.0. The molecule has 2 aromatic carbocycles. The normalized spacial score (nSPS) is 14.2. The highest BCUT2D eigenvalue weighted by molar-refractivity contribution is 6.01. The summed E-state index contributed by atoms with van der Waals surface area (Å²) in [4.78, 5) is 46.0. The lowest BCUT2D eigenvalue weighted by Gasteiger charge is -2.33. The molecular formula is C32H38N4O4. The molecule has 0 bridgehead atoms. The lowest BCUT2D eigenvalue weighted by Crippen LogP contribution is -2.47. The van der Waals surface area contributed by atoms with Gasteiger partial charge < -0.3 is 15.4 Å². The SMILES string of the molecule is COc1cccc(N(C(=O)CCCC(=O)Nc2ccccn2)C(C(=O)NC2CCCCC2)c2ccc(C)cc2)c1. The van der Waals surface area contributed by atoms with E-state index < -0.39 is 6.04 Å². The van der Waals surface area contributed by atoms with Crippen LogP contribution < -0.4 is 20.3 Å². The zero-order chi connectivity index (χ0) is 28.3. The molecule has 210 valence electrons. The zero-order valence-corrected chi connectivity index (χ0v) is 23.3. The van der Waals surface area contributed by atoms with Gasteiger partial charge in [-0.05, 0) is 56.0 Å². The van der Waals surface area contributed by atoms with E-state index in [0.717, 1.165) is 36.8 Å². The Kier molecular flexibility index (Phi) is 10.3. The number of nitrogens with one attached hydrogen (secondary N) is 2. The molecule has 8 heteroatoms. The lowest BCUT2D eigenvalue weighted by atomic mass is 9.94. The number of ether oxygens (including phenoxy) is 1. The number of nitrogens with zero attached hydrogens (tertiary/aromatic N) is 2. The van der Waals surface area contributed by atoms with Crippen molar-refractivity contribution in [3.63, 3.8) is 0 Å². The molecule has 1 aromatic heterocycles. The molecule has 1 heterocycles. The van der Waals surface area contributed by atoms with Crippen molar-refractivity contribution in [1.82, 2.24) is 10.3 Å². The molecule has 3 amide bonds. The van der Waals surface area contributed by atoms with Crippen molar-refractivity contribution in [2.45, 2.75) is 70.4 Å². The largest absolute Gasteiger partial charge is 0.497 e. The van der Waals surface area contributed by atoms with Crippen LogP contribution in [0.25, 0.3) is 0 Å². The smallest absolute Gasteiger partial charge is 0.248 e. The second-order valence-corrected chi connectivity index (χ2v) is 10.2. The Morgan fingerprint density at radius 1 is 0.975 bits per heavy atom. The number of aryl methyl sites for hydroxylation is 1. The van der Waals surface area contributed by atoms with E-state index in [1.165, 1.54) is 6.42 Å². The zero-order valence-electron chi connectivity index (χ0n) is 23.3. The van der Waals surface area contributed by atoms with Crippen molar-refractivity contribution < 1.29 is 19.1 Å². The average Bonchev–Trinajstić information content (AvgIpc) is 2.97. The summed E-state index contributed by atoms with van der Waals surface area (Å²) >= 11 is 0. The van der Waals surface area contributed by atoms with Crippen molar-refractivity contribution in [3.05, 3.63) is 84.1 Å². The lowest BCUT2D eigenvalue weighted by molar-refractivity contribution is -0.127. The molecule has 0 spiro atoms. The van der Waals surface area contributed by atoms with E-state index in [0.29, 0.717) is 23.7 Å². The average molecular weight is 543 g/mol. The van der Waals surface area contributed by atoms with Crippen LogP contribution in [-0.4, -0.2) is 35.9 Å². The summed E-state index contributed by atoms with van der Waals surface area (Å²) in [5.74, 6) is 0.378. The van der Waals surface area contributed by atoms with E-state index in [4.69, 9.17) is 4.74 Å². The third kappa shape index (κ3) is 7.91.